The summed E-state index contributed by atoms with van der Waals surface area (Å²) in [5.41, 5.74) is 12.8. The highest BCUT2D eigenvalue weighted by molar-refractivity contribution is 5.97. The number of aliphatic imine (C=N–C) groups is 1. The van der Waals surface area contributed by atoms with E-state index in [9.17, 15) is 48.6 Å². The van der Waals surface area contributed by atoms with E-state index >= 15 is 0 Å². The largest absolute Gasteiger partial charge is 0.481 e. The number of ketones is 1. The molecule has 2 aliphatic heterocycles. The average molecular weight is 1910 g/mol. The van der Waals surface area contributed by atoms with E-state index in [1.165, 1.54) is 40.4 Å². The van der Waals surface area contributed by atoms with Crippen LogP contribution in [0.3, 0.4) is 0 Å². The molecule has 8 N–H and O–H groups in total. The molecule has 12 unspecified atom stereocenters. The molecule has 0 radical (unpaired) electrons. The molecular formula is C114H176N8O16. The summed E-state index contributed by atoms with van der Waals surface area (Å²) in [6, 6.07) is 48.9. The first-order valence-electron chi connectivity index (χ1n) is 48.8. The number of aromatic nitrogens is 4. The van der Waals surface area contributed by atoms with Gasteiger partial charge in [0.15, 0.2) is 5.78 Å². The summed E-state index contributed by atoms with van der Waals surface area (Å²) in [4.78, 5) is 125. The Morgan fingerprint density at radius 1 is 0.572 bits per heavy atom. The van der Waals surface area contributed by atoms with Crippen molar-refractivity contribution in [2.24, 2.45) is 95.5 Å². The quantitative estimate of drug-likeness (QED) is 0.00991. The molecule has 2 fully saturated rings. The van der Waals surface area contributed by atoms with Crippen molar-refractivity contribution < 1.29 is 67.9 Å². The molecule has 4 aromatic carbocycles. The van der Waals surface area contributed by atoms with Crippen LogP contribution in [0.15, 0.2) is 185 Å². The first-order valence-corrected chi connectivity index (χ1v) is 48.8. The molecule has 12 atom stereocenters. The number of aliphatic hydroxyl groups is 1. The lowest BCUT2D eigenvalue weighted by atomic mass is 9.75. The maximum atomic E-state index is 13.1. The second kappa shape index (κ2) is 58.6. The molecule has 768 valence electrons. The summed E-state index contributed by atoms with van der Waals surface area (Å²) in [6.45, 7) is 71.8. The first-order chi connectivity index (χ1) is 63.5. The third kappa shape index (κ3) is 52.0. The number of aryl methyl sites for hydroxylation is 1. The second-order valence-electron chi connectivity index (χ2n) is 46.7. The van der Waals surface area contributed by atoms with Crippen molar-refractivity contribution in [3.05, 3.63) is 230 Å². The summed E-state index contributed by atoms with van der Waals surface area (Å²) in [7, 11) is 0. The van der Waals surface area contributed by atoms with Crippen LogP contribution in [-0.2, 0) is 91.1 Å². The molecule has 0 aliphatic carbocycles. The molecule has 0 saturated carbocycles. The molecule has 7 aromatic rings. The second-order valence-corrected chi connectivity index (χ2v) is 46.7. The Kier molecular flexibility index (Phi) is 53.4. The van der Waals surface area contributed by atoms with E-state index in [1.807, 2.05) is 166 Å². The molecule has 2 aliphatic rings. The number of nitrogens with zero attached hydrogens (tertiary/aromatic N) is 4. The number of nitrogens with two attached hydrogens (primary N) is 1. The molecule has 24 nitrogen and oxygen atoms in total. The van der Waals surface area contributed by atoms with Crippen LogP contribution in [0.4, 0.5) is 5.69 Å². The number of aliphatic carboxylic acids is 2. The molecular weight excluding hydrogens is 1740 g/mol. The van der Waals surface area contributed by atoms with Gasteiger partial charge < -0.3 is 45.9 Å². The van der Waals surface area contributed by atoms with Crippen molar-refractivity contribution in [3.8, 4) is 0 Å². The van der Waals surface area contributed by atoms with Crippen molar-refractivity contribution in [2.45, 2.75) is 348 Å². The van der Waals surface area contributed by atoms with Crippen molar-refractivity contribution in [1.82, 2.24) is 30.2 Å². The summed E-state index contributed by atoms with van der Waals surface area (Å²) in [5, 5.41) is 33.8. The van der Waals surface area contributed by atoms with Crippen LogP contribution in [0.2, 0.25) is 0 Å². The number of rotatable bonds is 29. The monoisotopic (exact) mass is 1910 g/mol. The van der Waals surface area contributed by atoms with Crippen molar-refractivity contribution in [2.75, 3.05) is 6.61 Å². The van der Waals surface area contributed by atoms with Crippen LogP contribution < -0.4 is 27.6 Å². The van der Waals surface area contributed by atoms with E-state index in [1.54, 1.807) is 33.9 Å². The van der Waals surface area contributed by atoms with Crippen LogP contribution in [0.25, 0.3) is 0 Å². The van der Waals surface area contributed by atoms with Crippen LogP contribution in [0.1, 0.15) is 306 Å². The summed E-state index contributed by atoms with van der Waals surface area (Å²) < 4.78 is 17.6. The Labute approximate surface area is 827 Å². The highest BCUT2D eigenvalue weighted by atomic mass is 16.6. The number of Topliss-reactive ketones (excluding diaryl/α,β-unsaturated/α-hetero) is 1. The van der Waals surface area contributed by atoms with Crippen molar-refractivity contribution in [3.63, 3.8) is 0 Å². The Hall–Kier alpha value is -10.4. The maximum absolute atomic E-state index is 13.1. The molecule has 0 spiro atoms. The first kappa shape index (κ1) is 126. The van der Waals surface area contributed by atoms with Gasteiger partial charge in [-0.25, -0.2) is 14.6 Å². The number of carbonyl (C=O) groups is 6. The van der Waals surface area contributed by atoms with Gasteiger partial charge in [0, 0.05) is 66.6 Å². The lowest BCUT2D eigenvalue weighted by Gasteiger charge is -2.32. The molecule has 2 saturated heterocycles. The van der Waals surface area contributed by atoms with E-state index in [0.717, 1.165) is 53.6 Å². The number of benzene rings is 4. The minimum absolute atomic E-state index is 0.00748. The van der Waals surface area contributed by atoms with E-state index in [4.69, 9.17) is 34.6 Å². The number of hydrogen-bond acceptors (Lipinski definition) is 17. The number of nitrogens with one attached hydrogen (secondary N) is 3. The third-order valence-corrected chi connectivity index (χ3v) is 24.2. The number of pyridine rings is 2. The number of epoxide rings is 1. The molecule has 5 heterocycles. The predicted octanol–water partition coefficient (Wildman–Crippen LogP) is 22.5. The lowest BCUT2D eigenvalue weighted by Crippen LogP contribution is -2.50. The Balaban J connectivity index is 0.000000798. The van der Waals surface area contributed by atoms with Gasteiger partial charge in [0.25, 0.3) is 12.0 Å². The van der Waals surface area contributed by atoms with Gasteiger partial charge in [0.1, 0.15) is 24.0 Å². The number of aromatic amines is 1. The van der Waals surface area contributed by atoms with Crippen molar-refractivity contribution in [1.29, 1.82) is 0 Å². The fourth-order valence-corrected chi connectivity index (χ4v) is 14.7. The lowest BCUT2D eigenvalue weighted by molar-refractivity contribution is -0.192. The van der Waals surface area contributed by atoms with E-state index < -0.39 is 53.2 Å². The number of H-pyrrole nitrogens is 1. The minimum Gasteiger partial charge on any atom is -0.481 e. The number of ether oxygens (including phenoxy) is 3. The van der Waals surface area contributed by atoms with Crippen LogP contribution in [0, 0.1) is 91.7 Å². The van der Waals surface area contributed by atoms with Gasteiger partial charge in [-0.2, -0.15) is 9.59 Å². The highest BCUT2D eigenvalue weighted by Crippen LogP contribution is 2.38. The number of amidine groups is 1. The van der Waals surface area contributed by atoms with E-state index in [0.29, 0.717) is 91.1 Å². The van der Waals surface area contributed by atoms with E-state index in [2.05, 4.69) is 231 Å². The zero-order chi connectivity index (χ0) is 106. The van der Waals surface area contributed by atoms with Gasteiger partial charge in [0.05, 0.1) is 42.3 Å². The Morgan fingerprint density at radius 3 is 1.38 bits per heavy atom. The Bertz CT molecular complexity index is 4870. The van der Waals surface area contributed by atoms with Gasteiger partial charge in [0.2, 0.25) is 11.8 Å². The van der Waals surface area contributed by atoms with Gasteiger partial charge in [-0.1, -0.05) is 336 Å². The van der Waals surface area contributed by atoms with Gasteiger partial charge in [-0.15, -0.1) is 0 Å². The standard InChI is InChI=1S/C22H33NO3.C19H29NO3.C14H22N2O4.C13H20N2.C13H21N.C13H20.C12H17NO2.C7H14O2.CO2/c1-15(2)12-18(19(24)22(6)14-26-22)23-20(25)17(21(3,4)5)13-16-10-8-7-9-11-16;1-13(2)11-15(19(3,4)5)17(21)20-16(18(22)23)12-14-9-7-6-8-10-14;1-8-7-16(13(19)15-12(8)18)11-5-9(17)10(20-11)6-14(2,3)4;1-10(14)15-12-7-5-11(6-8-12)9-13(2,3)4;1-5-11(13(2,3)4)10-12-8-6-7-9-14-12;1-11(13(2,3)4)10-12-8-6-5-7-9-12;1-12(2,3)11(15-9-14)8-10-6-4-5-7-13-10;1-5(6(8)9)7(2,3)4;2-1-3/h7-11,15,17-18H,12-14H2,1-6H3,(H,23,25);6-10,13,15-16H,11-12H2,1-5H3,(H,20,21)(H,22,23);7,9-11,17H,5-6H2,1-4H3,(H,15,18,19);5-8H,9H2,1-4H3,(H2,14,15);6-9,11H,5,10H2,1-4H3;5-9,11H,10H2,1-4H3;4-7,9,11H,8H2,1-3H3;5H,1-4H3,(H,8,9);. The smallest absolute Gasteiger partial charge is 0.373 e. The molecule has 3 aromatic heterocycles. The van der Waals surface area contributed by atoms with Crippen molar-refractivity contribution >= 4 is 53.7 Å². The number of amides is 2. The molecule has 0 bridgehead atoms. The normalized spacial score (nSPS) is 17.1. The zero-order valence-corrected chi connectivity index (χ0v) is 90.2. The van der Waals surface area contributed by atoms with Gasteiger partial charge >= 0.3 is 23.8 Å². The van der Waals surface area contributed by atoms with Crippen LogP contribution >= 0.6 is 0 Å². The number of hydrogen-bond donors (Lipinski definition) is 7. The van der Waals surface area contributed by atoms with Gasteiger partial charge in [-0.05, 0) is 191 Å². The fourth-order valence-electron chi connectivity index (χ4n) is 14.7. The summed E-state index contributed by atoms with van der Waals surface area (Å²) in [5.74, 6) is 0.105. The number of carboxylic acids is 2. The highest BCUT2D eigenvalue weighted by Gasteiger charge is 2.51. The topological polar surface area (TPSA) is 371 Å². The fraction of sp³-hybridized carbons (Fsp3) is 0.596. The number of carbonyl (C=O) groups excluding carboxylic acids is 6. The maximum Gasteiger partial charge on any atom is 0.373 e. The molecule has 138 heavy (non-hydrogen) atoms. The van der Waals surface area contributed by atoms with E-state index in [-0.39, 0.29) is 80.8 Å². The number of aliphatic hydroxyl groups excluding tert-OH is 1. The van der Waals surface area contributed by atoms with Crippen LogP contribution in [-0.4, -0.2) is 125 Å². The summed E-state index contributed by atoms with van der Waals surface area (Å²) in [6.07, 6.45) is 12.4. The molecule has 2 amide bonds. The predicted molar refractivity (Wildman–Crippen MR) is 557 cm³/mol. The zero-order valence-electron chi connectivity index (χ0n) is 90.2. The summed E-state index contributed by atoms with van der Waals surface area (Å²) >= 11 is 0. The van der Waals surface area contributed by atoms with Gasteiger partial charge in [-0.3, -0.25) is 48.3 Å². The number of carboxylic acid groups (broad SMARTS) is 2. The van der Waals surface area contributed by atoms with Crippen LogP contribution in [0.5, 0.6) is 0 Å². The SMILES string of the molecule is CC(C(=O)O)C(C)(C)C.CC(C)(C)C(Cc1ccccn1)OC=O.CC(C)CC(C(=O)NC(Cc1ccccc1)C(=O)O)C(C)(C)C.CC(C)CC(NC(=O)C(Cc1ccccc1)C(C)(C)C)C(=O)C1(C)CO1.CC(Cc1ccccc1)C(C)(C)C.CC(N)=Nc1ccc(CC(C)(C)C)cc1.CCC(Cc1ccccn1)C(C)(C)C.Cc1cn(C2CC(O)C(CC(C)(C)C)O2)c(=O)[nH]c1=O.O=C=O. The molecule has 24 heteroatoms. The third-order valence-electron chi connectivity index (χ3n) is 24.2. The minimum atomic E-state index is -1.00. The molecule has 9 rings (SSSR count). The average Bonchev–Trinajstić information content (AvgIpc) is 1.63. The Morgan fingerprint density at radius 2 is 1.01 bits per heavy atom.